The number of hydrogen-bond acceptors (Lipinski definition) is 1. The average molecular weight is 330 g/mol. The van der Waals surface area contributed by atoms with Crippen LogP contribution in [-0.4, -0.2) is 5.78 Å². The van der Waals surface area contributed by atoms with E-state index in [0.29, 0.717) is 30.0 Å². The van der Waals surface area contributed by atoms with Gasteiger partial charge < -0.3 is 0 Å². The van der Waals surface area contributed by atoms with E-state index in [2.05, 4.69) is 56.3 Å². The van der Waals surface area contributed by atoms with Crippen LogP contribution in [0.25, 0.3) is 10.8 Å². The second kappa shape index (κ2) is 5.30. The zero-order valence-electron chi connectivity index (χ0n) is 15.2. The molecule has 2 bridgehead atoms. The summed E-state index contributed by atoms with van der Waals surface area (Å²) in [4.78, 5) is 13.1. The van der Waals surface area contributed by atoms with Crippen molar-refractivity contribution in [2.24, 2.45) is 23.2 Å². The molecule has 1 saturated carbocycles. The van der Waals surface area contributed by atoms with E-state index in [1.165, 1.54) is 33.9 Å². The summed E-state index contributed by atoms with van der Waals surface area (Å²) in [6, 6.07) is 11.4. The number of Topliss-reactive ketones (excluding diaryl/α,β-unsaturated/α-hetero) is 1. The van der Waals surface area contributed by atoms with Crippen molar-refractivity contribution in [2.75, 3.05) is 0 Å². The van der Waals surface area contributed by atoms with Crippen molar-refractivity contribution in [3.63, 3.8) is 0 Å². The van der Waals surface area contributed by atoms with Crippen LogP contribution in [0.3, 0.4) is 0 Å². The Hall–Kier alpha value is -1.89. The molecular weight excluding hydrogens is 304 g/mol. The molecule has 1 spiro atoms. The normalized spacial score (nSPS) is 30.0. The van der Waals surface area contributed by atoms with Crippen molar-refractivity contribution >= 4 is 16.6 Å². The molecule has 5 rings (SSSR count). The summed E-state index contributed by atoms with van der Waals surface area (Å²) in [5.74, 6) is 2.28. The Balaban J connectivity index is 1.62. The van der Waals surface area contributed by atoms with Gasteiger partial charge in [0.05, 0.1) is 0 Å². The zero-order chi connectivity index (χ0) is 17.2. The van der Waals surface area contributed by atoms with Crippen LogP contribution in [0.4, 0.5) is 0 Å². The van der Waals surface area contributed by atoms with Crippen LogP contribution in [0.15, 0.2) is 42.5 Å². The van der Waals surface area contributed by atoms with Gasteiger partial charge in [0.2, 0.25) is 0 Å². The number of hydrogen-bond donors (Lipinski definition) is 0. The van der Waals surface area contributed by atoms with Crippen LogP contribution in [0.5, 0.6) is 0 Å². The molecular formula is C24H26O. The first-order valence-corrected chi connectivity index (χ1v) is 9.80. The summed E-state index contributed by atoms with van der Waals surface area (Å²) in [5.41, 5.74) is 4.07. The van der Waals surface area contributed by atoms with Gasteiger partial charge in [0.15, 0.2) is 0 Å². The Morgan fingerprint density at radius 1 is 1.16 bits per heavy atom. The predicted octanol–water partition coefficient (Wildman–Crippen LogP) is 5.29. The summed E-state index contributed by atoms with van der Waals surface area (Å²) in [5, 5.41) is 2.70. The maximum absolute atomic E-state index is 13.1. The van der Waals surface area contributed by atoms with E-state index in [1.54, 1.807) is 0 Å². The smallest absolute Gasteiger partial charge is 0.144 e. The van der Waals surface area contributed by atoms with E-state index in [4.69, 9.17) is 0 Å². The van der Waals surface area contributed by atoms with Gasteiger partial charge in [-0.15, -0.1) is 0 Å². The van der Waals surface area contributed by atoms with Crippen molar-refractivity contribution in [3.05, 3.63) is 59.2 Å². The van der Waals surface area contributed by atoms with Gasteiger partial charge in [-0.25, -0.2) is 0 Å². The lowest BCUT2D eigenvalue weighted by Crippen LogP contribution is -2.41. The number of rotatable bonds is 2. The quantitative estimate of drug-likeness (QED) is 0.684. The number of allylic oxidation sites excluding steroid dienone is 2. The molecule has 0 heterocycles. The Bertz CT molecular complexity index is 904. The maximum Gasteiger partial charge on any atom is 0.144 e. The number of ketones is 1. The Labute approximate surface area is 150 Å². The van der Waals surface area contributed by atoms with Gasteiger partial charge in [0, 0.05) is 11.8 Å². The van der Waals surface area contributed by atoms with Crippen molar-refractivity contribution in [3.8, 4) is 0 Å². The number of carbonyl (C=O) groups is 1. The third-order valence-electron chi connectivity index (χ3n) is 6.84. The molecule has 1 nitrogen and oxygen atoms in total. The minimum absolute atomic E-state index is 0.0902. The average Bonchev–Trinajstić information content (AvgIpc) is 3.16. The van der Waals surface area contributed by atoms with Gasteiger partial charge >= 0.3 is 0 Å². The van der Waals surface area contributed by atoms with Gasteiger partial charge in [-0.1, -0.05) is 56.3 Å². The fourth-order valence-corrected chi connectivity index (χ4v) is 5.70. The van der Waals surface area contributed by atoms with Crippen LogP contribution < -0.4 is 0 Å². The molecule has 3 unspecified atom stereocenters. The lowest BCUT2D eigenvalue weighted by molar-refractivity contribution is -0.130. The highest BCUT2D eigenvalue weighted by molar-refractivity contribution is 5.94. The molecule has 0 aliphatic heterocycles. The monoisotopic (exact) mass is 330 g/mol. The van der Waals surface area contributed by atoms with Crippen LogP contribution in [0, 0.1) is 23.2 Å². The van der Waals surface area contributed by atoms with E-state index < -0.39 is 0 Å². The van der Waals surface area contributed by atoms with E-state index >= 15 is 0 Å². The molecule has 0 amide bonds. The molecule has 3 atom stereocenters. The van der Waals surface area contributed by atoms with Gasteiger partial charge in [-0.2, -0.15) is 0 Å². The summed E-state index contributed by atoms with van der Waals surface area (Å²) >= 11 is 0. The van der Waals surface area contributed by atoms with Crippen LogP contribution in [0.2, 0.25) is 0 Å². The fourth-order valence-electron chi connectivity index (χ4n) is 5.70. The highest BCUT2D eigenvalue weighted by atomic mass is 16.1. The first-order chi connectivity index (χ1) is 12.0. The second-order valence-corrected chi connectivity index (χ2v) is 8.98. The summed E-state index contributed by atoms with van der Waals surface area (Å²) in [6.45, 7) is 4.57. The second-order valence-electron chi connectivity index (χ2n) is 8.98. The molecule has 0 N–H and O–H groups in total. The third kappa shape index (κ3) is 2.25. The minimum atomic E-state index is -0.0902. The highest BCUT2D eigenvalue weighted by Crippen LogP contribution is 2.56. The SMILES string of the molecule is CC(C)Cc1cccc2cc3c(cc12)CC1(CC2C=CC1C2)C(=O)C3. The van der Waals surface area contributed by atoms with Crippen LogP contribution in [-0.2, 0) is 24.1 Å². The molecule has 0 saturated heterocycles. The summed E-state index contributed by atoms with van der Waals surface area (Å²) in [6.07, 6.45) is 9.68. The number of fused-ring (bicyclic) bond motifs is 5. The molecule has 0 radical (unpaired) electrons. The van der Waals surface area contributed by atoms with Gasteiger partial charge in [0.25, 0.3) is 0 Å². The van der Waals surface area contributed by atoms with Crippen molar-refractivity contribution in [1.29, 1.82) is 0 Å². The zero-order valence-corrected chi connectivity index (χ0v) is 15.2. The van der Waals surface area contributed by atoms with Gasteiger partial charge in [0.1, 0.15) is 5.78 Å². The van der Waals surface area contributed by atoms with E-state index in [-0.39, 0.29) is 5.41 Å². The molecule has 3 aliphatic carbocycles. The molecule has 1 heteroatoms. The lowest BCUT2D eigenvalue weighted by atomic mass is 9.63. The predicted molar refractivity (Wildman–Crippen MR) is 103 cm³/mol. The van der Waals surface area contributed by atoms with Crippen molar-refractivity contribution in [1.82, 2.24) is 0 Å². The number of benzene rings is 2. The summed E-state index contributed by atoms with van der Waals surface area (Å²) in [7, 11) is 0. The first kappa shape index (κ1) is 15.4. The van der Waals surface area contributed by atoms with Crippen molar-refractivity contribution in [2.45, 2.75) is 46.0 Å². The Morgan fingerprint density at radius 2 is 2.04 bits per heavy atom. The Kier molecular flexibility index (Phi) is 3.26. The Morgan fingerprint density at radius 3 is 2.76 bits per heavy atom. The fraction of sp³-hybridized carbons (Fsp3) is 0.458. The van der Waals surface area contributed by atoms with E-state index in [1.807, 2.05) is 0 Å². The molecule has 128 valence electrons. The standard InChI is InChI=1S/C24H26O/c1-15(2)8-17-4-3-5-18-10-19-12-23(25)24(14-20(19)11-22(17)18)13-16-6-7-21(24)9-16/h3-7,10-11,15-16,21H,8-9,12-14H2,1-2H3. The summed E-state index contributed by atoms with van der Waals surface area (Å²) < 4.78 is 0. The van der Waals surface area contributed by atoms with E-state index in [9.17, 15) is 4.79 Å². The van der Waals surface area contributed by atoms with Crippen molar-refractivity contribution < 1.29 is 4.79 Å². The van der Waals surface area contributed by atoms with E-state index in [0.717, 1.165) is 19.3 Å². The largest absolute Gasteiger partial charge is 0.299 e. The maximum atomic E-state index is 13.1. The van der Waals surface area contributed by atoms with Crippen LogP contribution >= 0.6 is 0 Å². The first-order valence-electron chi connectivity index (χ1n) is 9.80. The minimum Gasteiger partial charge on any atom is -0.299 e. The highest BCUT2D eigenvalue weighted by Gasteiger charge is 2.54. The topological polar surface area (TPSA) is 17.1 Å². The molecule has 1 fully saturated rings. The molecule has 3 aliphatic rings. The van der Waals surface area contributed by atoms with Gasteiger partial charge in [-0.05, 0) is 70.9 Å². The third-order valence-corrected chi connectivity index (χ3v) is 6.84. The molecule has 2 aromatic carbocycles. The number of carbonyl (C=O) groups excluding carboxylic acids is 1. The van der Waals surface area contributed by atoms with Crippen LogP contribution in [0.1, 0.15) is 43.4 Å². The lowest BCUT2D eigenvalue weighted by Gasteiger charge is -2.38. The molecule has 25 heavy (non-hydrogen) atoms. The molecule has 0 aromatic heterocycles. The molecule has 2 aromatic rings. The van der Waals surface area contributed by atoms with Gasteiger partial charge in [-0.3, -0.25) is 4.79 Å².